The Labute approximate surface area is 233 Å². The Kier molecular flexibility index (Phi) is 8.12. The third-order valence-electron chi connectivity index (χ3n) is 7.35. The molecule has 3 heterocycles. The number of hydrogen-bond donors (Lipinski definition) is 0. The van der Waals surface area contributed by atoms with Crippen LogP contribution >= 0.6 is 11.6 Å². The van der Waals surface area contributed by atoms with Crippen LogP contribution in [0.25, 0.3) is 16.7 Å². The largest absolute Gasteiger partial charge is 0.354 e. The fraction of sp³-hybridized carbons (Fsp3) is 0.400. The van der Waals surface area contributed by atoms with E-state index in [0.717, 1.165) is 59.8 Å². The van der Waals surface area contributed by atoms with E-state index < -0.39 is 5.38 Å². The first-order chi connectivity index (χ1) is 18.9. The molecule has 5 rings (SSSR count). The van der Waals surface area contributed by atoms with E-state index in [1.165, 1.54) is 12.1 Å². The Morgan fingerprint density at radius 2 is 1.77 bits per heavy atom. The van der Waals surface area contributed by atoms with Crippen LogP contribution in [0.1, 0.15) is 61.5 Å². The Balaban J connectivity index is 1.49. The molecule has 7 nitrogen and oxygen atoms in total. The third kappa shape index (κ3) is 5.62. The standard InChI is InChI=1S/C30H34ClFN6O/c1-4-9-20(2)27-33-28(25-21(3)35-38(29(25)34-27)24-14-12-23(32)13-15-24)36-16-8-17-37(19-18-36)30(39)26(31)22-10-6-5-7-11-22/h5-7,10-15,20,26H,4,8-9,16-19H2,1-3H3/t20-,26+/m0/s1. The van der Waals surface area contributed by atoms with Gasteiger partial charge in [-0.2, -0.15) is 5.10 Å². The van der Waals surface area contributed by atoms with Gasteiger partial charge in [0.05, 0.1) is 16.8 Å². The highest BCUT2D eigenvalue weighted by Crippen LogP contribution is 2.32. The molecular formula is C30H34ClFN6O. The Morgan fingerprint density at radius 1 is 1.03 bits per heavy atom. The number of carbonyl (C=O) groups is 1. The second-order valence-electron chi connectivity index (χ2n) is 10.2. The molecule has 1 amide bonds. The molecule has 204 valence electrons. The summed E-state index contributed by atoms with van der Waals surface area (Å²) in [5.74, 6) is 1.40. The van der Waals surface area contributed by atoms with Crippen molar-refractivity contribution in [1.29, 1.82) is 0 Å². The van der Waals surface area contributed by atoms with Crippen LogP contribution in [0.15, 0.2) is 54.6 Å². The van der Waals surface area contributed by atoms with Crippen LogP contribution in [0.4, 0.5) is 10.2 Å². The van der Waals surface area contributed by atoms with Gasteiger partial charge < -0.3 is 9.80 Å². The number of halogens is 2. The Bertz CT molecular complexity index is 1440. The number of fused-ring (bicyclic) bond motifs is 1. The number of aryl methyl sites for hydroxylation is 1. The lowest BCUT2D eigenvalue weighted by molar-refractivity contribution is -0.130. The maximum Gasteiger partial charge on any atom is 0.245 e. The van der Waals surface area contributed by atoms with Crippen LogP contribution < -0.4 is 4.90 Å². The number of aromatic nitrogens is 4. The minimum absolute atomic E-state index is 0.0740. The Hall–Kier alpha value is -3.52. The molecule has 1 saturated heterocycles. The number of nitrogens with zero attached hydrogens (tertiary/aromatic N) is 6. The van der Waals surface area contributed by atoms with E-state index in [4.69, 9.17) is 26.7 Å². The molecule has 2 atom stereocenters. The maximum absolute atomic E-state index is 13.7. The second kappa shape index (κ2) is 11.7. The summed E-state index contributed by atoms with van der Waals surface area (Å²) >= 11 is 6.59. The summed E-state index contributed by atoms with van der Waals surface area (Å²) in [5.41, 5.74) is 3.07. The summed E-state index contributed by atoms with van der Waals surface area (Å²) < 4.78 is 15.4. The molecule has 1 fully saturated rings. The van der Waals surface area contributed by atoms with Gasteiger partial charge >= 0.3 is 0 Å². The molecule has 4 aromatic rings. The minimum atomic E-state index is -0.707. The lowest BCUT2D eigenvalue weighted by atomic mass is 10.1. The minimum Gasteiger partial charge on any atom is -0.354 e. The van der Waals surface area contributed by atoms with Crippen LogP contribution in [0.3, 0.4) is 0 Å². The summed E-state index contributed by atoms with van der Waals surface area (Å²) in [4.78, 5) is 27.4. The van der Waals surface area contributed by atoms with Gasteiger partial charge in [0.1, 0.15) is 22.8 Å². The van der Waals surface area contributed by atoms with Gasteiger partial charge in [-0.15, -0.1) is 11.6 Å². The molecule has 9 heteroatoms. The van der Waals surface area contributed by atoms with Crippen molar-refractivity contribution in [3.05, 3.63) is 77.5 Å². The first-order valence-corrected chi connectivity index (χ1v) is 14.1. The lowest BCUT2D eigenvalue weighted by Gasteiger charge is -2.25. The number of alkyl halides is 1. The number of rotatable bonds is 7. The van der Waals surface area contributed by atoms with Crippen molar-refractivity contribution in [2.24, 2.45) is 0 Å². The van der Waals surface area contributed by atoms with Crippen molar-refractivity contribution in [1.82, 2.24) is 24.6 Å². The highest BCUT2D eigenvalue weighted by atomic mass is 35.5. The summed E-state index contributed by atoms with van der Waals surface area (Å²) in [6.07, 6.45) is 2.78. The normalized spacial score (nSPS) is 15.8. The van der Waals surface area contributed by atoms with Crippen LogP contribution in [0.2, 0.25) is 0 Å². The summed E-state index contributed by atoms with van der Waals surface area (Å²) in [5, 5.41) is 4.97. The van der Waals surface area contributed by atoms with Crippen molar-refractivity contribution in [2.45, 2.75) is 51.3 Å². The molecule has 0 bridgehead atoms. The quantitative estimate of drug-likeness (QED) is 0.258. The summed E-state index contributed by atoms with van der Waals surface area (Å²) in [6.45, 7) is 8.81. The van der Waals surface area contributed by atoms with Crippen molar-refractivity contribution in [2.75, 3.05) is 31.1 Å². The summed E-state index contributed by atoms with van der Waals surface area (Å²) in [7, 11) is 0. The van der Waals surface area contributed by atoms with Crippen LogP contribution in [-0.4, -0.2) is 56.7 Å². The van der Waals surface area contributed by atoms with Gasteiger partial charge in [-0.1, -0.05) is 50.6 Å². The summed E-state index contributed by atoms with van der Waals surface area (Å²) in [6, 6.07) is 15.8. The SMILES string of the molecule is CCC[C@H](C)c1nc(N2CCCN(C(=O)[C@H](Cl)c3ccccc3)CC2)c2c(C)nn(-c3ccc(F)cc3)c2n1. The molecule has 0 saturated carbocycles. The zero-order valence-corrected chi connectivity index (χ0v) is 23.4. The maximum atomic E-state index is 13.7. The first kappa shape index (κ1) is 27.1. The topological polar surface area (TPSA) is 67.2 Å². The molecule has 1 aliphatic rings. The van der Waals surface area contributed by atoms with Crippen molar-refractivity contribution >= 4 is 34.4 Å². The van der Waals surface area contributed by atoms with E-state index in [2.05, 4.69) is 18.7 Å². The number of carbonyl (C=O) groups excluding carboxylic acids is 1. The zero-order valence-electron chi connectivity index (χ0n) is 22.6. The molecule has 0 N–H and O–H groups in total. The molecular weight excluding hydrogens is 515 g/mol. The molecule has 1 aliphatic heterocycles. The van der Waals surface area contributed by atoms with Gasteiger partial charge in [-0.3, -0.25) is 4.79 Å². The highest BCUT2D eigenvalue weighted by molar-refractivity contribution is 6.30. The van der Waals surface area contributed by atoms with Crippen LogP contribution in [0.5, 0.6) is 0 Å². The van der Waals surface area contributed by atoms with E-state index in [1.54, 1.807) is 16.8 Å². The van der Waals surface area contributed by atoms with Gasteiger partial charge in [0.2, 0.25) is 5.91 Å². The van der Waals surface area contributed by atoms with Gasteiger partial charge in [0.25, 0.3) is 0 Å². The molecule has 2 aromatic heterocycles. The molecule has 0 unspecified atom stereocenters. The van der Waals surface area contributed by atoms with Gasteiger partial charge in [-0.25, -0.2) is 19.0 Å². The predicted octanol–water partition coefficient (Wildman–Crippen LogP) is 6.19. The monoisotopic (exact) mass is 548 g/mol. The number of anilines is 1. The number of benzene rings is 2. The molecule has 2 aromatic carbocycles. The molecule has 0 radical (unpaired) electrons. The van der Waals surface area contributed by atoms with Gasteiger partial charge in [0.15, 0.2) is 5.65 Å². The predicted molar refractivity (Wildman–Crippen MR) is 153 cm³/mol. The zero-order chi connectivity index (χ0) is 27.5. The van der Waals surface area contributed by atoms with E-state index in [-0.39, 0.29) is 17.6 Å². The van der Waals surface area contributed by atoms with Crippen LogP contribution in [-0.2, 0) is 4.79 Å². The average molecular weight is 549 g/mol. The van der Waals surface area contributed by atoms with Crippen molar-refractivity contribution in [3.8, 4) is 5.69 Å². The highest BCUT2D eigenvalue weighted by Gasteiger charge is 2.28. The van der Waals surface area contributed by atoms with E-state index in [9.17, 15) is 9.18 Å². The van der Waals surface area contributed by atoms with Crippen LogP contribution in [0, 0.1) is 12.7 Å². The van der Waals surface area contributed by atoms with E-state index in [1.807, 2.05) is 42.2 Å². The van der Waals surface area contributed by atoms with Crippen molar-refractivity contribution < 1.29 is 9.18 Å². The van der Waals surface area contributed by atoms with Gasteiger partial charge in [0, 0.05) is 32.1 Å². The fourth-order valence-corrected chi connectivity index (χ4v) is 5.51. The van der Waals surface area contributed by atoms with E-state index in [0.29, 0.717) is 25.3 Å². The van der Waals surface area contributed by atoms with Crippen molar-refractivity contribution in [3.63, 3.8) is 0 Å². The third-order valence-corrected chi connectivity index (χ3v) is 7.79. The molecule has 39 heavy (non-hydrogen) atoms. The fourth-order valence-electron chi connectivity index (χ4n) is 5.23. The van der Waals surface area contributed by atoms with E-state index >= 15 is 0 Å². The smallest absolute Gasteiger partial charge is 0.245 e. The lowest BCUT2D eigenvalue weighted by Crippen LogP contribution is -2.37. The Morgan fingerprint density at radius 3 is 2.49 bits per heavy atom. The first-order valence-electron chi connectivity index (χ1n) is 13.6. The number of hydrogen-bond acceptors (Lipinski definition) is 5. The number of amides is 1. The molecule has 0 aliphatic carbocycles. The van der Waals surface area contributed by atoms with Gasteiger partial charge in [-0.05, 0) is 49.6 Å². The molecule has 0 spiro atoms. The average Bonchev–Trinajstić information content (AvgIpc) is 3.12. The second-order valence-corrected chi connectivity index (χ2v) is 10.6.